The minimum absolute atomic E-state index is 0.604. The molecule has 9 heteroatoms. The maximum absolute atomic E-state index is 9.08. The molecule has 0 bridgehead atoms. The zero-order valence-electron chi connectivity index (χ0n) is 18.3. The number of unbranched alkanes of at least 4 members (excludes halogenated alkanes) is 5. The molecule has 0 amide bonds. The molecule has 7 nitrogen and oxygen atoms in total. The molecule has 0 unspecified atom stereocenters. The van der Waals surface area contributed by atoms with E-state index >= 15 is 0 Å². The summed E-state index contributed by atoms with van der Waals surface area (Å²) < 4.78 is 60.3. The molecule has 0 aliphatic heterocycles. The highest BCUT2D eigenvalue weighted by atomic mass is 32.2. The molecule has 0 aliphatic rings. The van der Waals surface area contributed by atoms with E-state index in [9.17, 15) is 0 Å². The van der Waals surface area contributed by atoms with Crippen LogP contribution in [0.5, 0.6) is 11.5 Å². The Morgan fingerprint density at radius 3 is 1.58 bits per heavy atom. The van der Waals surface area contributed by atoms with E-state index in [1.54, 1.807) is 0 Å². The van der Waals surface area contributed by atoms with Crippen molar-refractivity contribution < 1.29 is 30.7 Å². The SMILES string of the molecule is CCCCCCCCc1ccc(Oc2ccccc2)cc1.CS(=O)(=O)[O-].CS(=O)(=O)[O-]. The van der Waals surface area contributed by atoms with Crippen LogP contribution in [0.4, 0.5) is 0 Å². The van der Waals surface area contributed by atoms with Gasteiger partial charge in [0.15, 0.2) is 0 Å². The number of ether oxygens (including phenoxy) is 1. The topological polar surface area (TPSA) is 124 Å². The number of aryl methyl sites for hydroxylation is 1. The summed E-state index contributed by atoms with van der Waals surface area (Å²) in [5.74, 6) is 1.80. The molecule has 2 rings (SSSR count). The molecule has 0 heterocycles. The van der Waals surface area contributed by atoms with Gasteiger partial charge in [-0.3, -0.25) is 0 Å². The lowest BCUT2D eigenvalue weighted by Crippen LogP contribution is -1.88. The first-order chi connectivity index (χ1) is 14.4. The van der Waals surface area contributed by atoms with E-state index in [2.05, 4.69) is 31.2 Å². The Kier molecular flexibility index (Phi) is 14.8. The summed E-state index contributed by atoms with van der Waals surface area (Å²) in [7, 11) is -7.83. The molecular weight excluding hydrogens is 440 g/mol. The predicted octanol–water partition coefficient (Wildman–Crippen LogP) is 4.70. The third-order valence-corrected chi connectivity index (χ3v) is 3.72. The van der Waals surface area contributed by atoms with Crippen molar-refractivity contribution in [1.29, 1.82) is 0 Å². The molecule has 0 N–H and O–H groups in total. The van der Waals surface area contributed by atoms with Crippen molar-refractivity contribution in [3.8, 4) is 11.5 Å². The quantitative estimate of drug-likeness (QED) is 0.382. The van der Waals surface area contributed by atoms with Crippen LogP contribution in [0.2, 0.25) is 0 Å². The van der Waals surface area contributed by atoms with Gasteiger partial charge in [-0.05, 0) is 42.7 Å². The summed E-state index contributed by atoms with van der Waals surface area (Å²) in [6.45, 7) is 2.26. The number of para-hydroxylation sites is 1. The van der Waals surface area contributed by atoms with E-state index in [0.717, 1.165) is 11.5 Å². The fourth-order valence-electron chi connectivity index (χ4n) is 2.46. The molecule has 31 heavy (non-hydrogen) atoms. The van der Waals surface area contributed by atoms with Gasteiger partial charge in [0, 0.05) is 12.5 Å². The number of hydrogen-bond donors (Lipinski definition) is 0. The number of benzene rings is 2. The van der Waals surface area contributed by atoms with Gasteiger partial charge in [-0.1, -0.05) is 69.4 Å². The standard InChI is InChI=1S/C20H26O.2CH4O3S/c1-2-3-4-5-6-8-11-18-14-16-20(17-15-18)21-19-12-9-7-10-13-19;2*1-5(2,3)4/h7,9-10,12-17H,2-6,8,11H2,1H3;2*1H3,(H,2,3,4)/p-2. The largest absolute Gasteiger partial charge is 0.748 e. The minimum atomic E-state index is -3.92. The van der Waals surface area contributed by atoms with Crippen LogP contribution < -0.4 is 4.74 Å². The van der Waals surface area contributed by atoms with E-state index in [-0.39, 0.29) is 0 Å². The Bertz CT molecular complexity index is 862. The maximum atomic E-state index is 9.08. The summed E-state index contributed by atoms with van der Waals surface area (Å²) in [4.78, 5) is 0. The van der Waals surface area contributed by atoms with Crippen LogP contribution >= 0.6 is 0 Å². The van der Waals surface area contributed by atoms with E-state index in [4.69, 9.17) is 30.7 Å². The minimum Gasteiger partial charge on any atom is -0.748 e. The number of rotatable bonds is 9. The molecule has 0 saturated heterocycles. The van der Waals surface area contributed by atoms with Crippen molar-refractivity contribution in [2.45, 2.75) is 51.9 Å². The zero-order valence-corrected chi connectivity index (χ0v) is 20.0. The van der Waals surface area contributed by atoms with Crippen molar-refractivity contribution in [3.05, 3.63) is 60.2 Å². The Morgan fingerprint density at radius 2 is 1.10 bits per heavy atom. The lowest BCUT2D eigenvalue weighted by atomic mass is 10.0. The fraction of sp³-hybridized carbons (Fsp3) is 0.455. The van der Waals surface area contributed by atoms with Crippen molar-refractivity contribution in [3.63, 3.8) is 0 Å². The van der Waals surface area contributed by atoms with E-state index in [0.29, 0.717) is 12.5 Å². The molecule has 0 atom stereocenters. The fourth-order valence-corrected chi connectivity index (χ4v) is 2.46. The van der Waals surface area contributed by atoms with E-state index < -0.39 is 20.2 Å². The van der Waals surface area contributed by atoms with Gasteiger partial charge < -0.3 is 13.8 Å². The Labute approximate surface area is 187 Å². The highest BCUT2D eigenvalue weighted by Gasteiger charge is 1.98. The van der Waals surface area contributed by atoms with Gasteiger partial charge in [-0.25, -0.2) is 16.8 Å². The summed E-state index contributed by atoms with van der Waals surface area (Å²) in [5, 5.41) is 0. The van der Waals surface area contributed by atoms with Crippen LogP contribution in [0.15, 0.2) is 54.6 Å². The Balaban J connectivity index is 0.000000752. The Hall–Kier alpha value is -1.94. The summed E-state index contributed by atoms with van der Waals surface area (Å²) in [6.07, 6.45) is 10.5. The first-order valence-corrected chi connectivity index (χ1v) is 13.7. The van der Waals surface area contributed by atoms with Crippen molar-refractivity contribution >= 4 is 20.2 Å². The second-order valence-corrected chi connectivity index (χ2v) is 9.80. The average Bonchev–Trinajstić information content (AvgIpc) is 2.64. The molecule has 2 aromatic carbocycles. The van der Waals surface area contributed by atoms with Crippen LogP contribution in [-0.4, -0.2) is 38.5 Å². The van der Waals surface area contributed by atoms with E-state index in [1.807, 2.05) is 30.3 Å². The first-order valence-electron chi connectivity index (χ1n) is 10.0. The van der Waals surface area contributed by atoms with Crippen LogP contribution in [0.25, 0.3) is 0 Å². The zero-order chi connectivity index (χ0) is 23.8. The van der Waals surface area contributed by atoms with Crippen molar-refractivity contribution in [2.24, 2.45) is 0 Å². The van der Waals surface area contributed by atoms with Gasteiger partial charge >= 0.3 is 0 Å². The molecule has 2 aromatic rings. The van der Waals surface area contributed by atoms with Gasteiger partial charge in [0.25, 0.3) is 0 Å². The molecule has 0 spiro atoms. The lowest BCUT2D eigenvalue weighted by molar-refractivity contribution is 0.468. The molecular formula is C22H32O7S2-2. The third kappa shape index (κ3) is 24.2. The summed E-state index contributed by atoms with van der Waals surface area (Å²) in [6, 6.07) is 18.4. The second kappa shape index (κ2) is 15.8. The summed E-state index contributed by atoms with van der Waals surface area (Å²) >= 11 is 0. The van der Waals surface area contributed by atoms with Crippen LogP contribution in [0, 0.1) is 0 Å². The van der Waals surface area contributed by atoms with E-state index in [1.165, 1.54) is 50.5 Å². The Morgan fingerprint density at radius 1 is 0.677 bits per heavy atom. The molecule has 0 aromatic heterocycles. The highest BCUT2D eigenvalue weighted by molar-refractivity contribution is 7.85. The molecule has 176 valence electrons. The molecule has 0 fully saturated rings. The molecule has 0 aliphatic carbocycles. The lowest BCUT2D eigenvalue weighted by Gasteiger charge is -2.07. The van der Waals surface area contributed by atoms with Gasteiger partial charge in [0.1, 0.15) is 11.5 Å². The monoisotopic (exact) mass is 472 g/mol. The van der Waals surface area contributed by atoms with Gasteiger partial charge in [-0.15, -0.1) is 0 Å². The highest BCUT2D eigenvalue weighted by Crippen LogP contribution is 2.21. The smallest absolute Gasteiger partial charge is 0.127 e. The third-order valence-electron chi connectivity index (χ3n) is 3.72. The van der Waals surface area contributed by atoms with Crippen LogP contribution in [-0.2, 0) is 26.7 Å². The average molecular weight is 473 g/mol. The second-order valence-electron chi connectivity index (χ2n) is 6.99. The predicted molar refractivity (Wildman–Crippen MR) is 121 cm³/mol. The maximum Gasteiger partial charge on any atom is 0.127 e. The van der Waals surface area contributed by atoms with Crippen LogP contribution in [0.3, 0.4) is 0 Å². The molecule has 0 saturated carbocycles. The molecule has 0 radical (unpaired) electrons. The first kappa shape index (κ1) is 29.1. The normalized spacial score (nSPS) is 10.9. The summed E-state index contributed by atoms with van der Waals surface area (Å²) in [5.41, 5.74) is 1.41. The van der Waals surface area contributed by atoms with Crippen molar-refractivity contribution in [2.75, 3.05) is 12.5 Å². The van der Waals surface area contributed by atoms with Gasteiger partial charge in [0.2, 0.25) is 0 Å². The van der Waals surface area contributed by atoms with Crippen LogP contribution in [0.1, 0.15) is 51.0 Å². The number of hydrogen-bond acceptors (Lipinski definition) is 7. The van der Waals surface area contributed by atoms with Gasteiger partial charge in [0.05, 0.1) is 20.2 Å². The van der Waals surface area contributed by atoms with Gasteiger partial charge in [-0.2, -0.15) is 0 Å². The van der Waals surface area contributed by atoms with Crippen molar-refractivity contribution in [1.82, 2.24) is 0 Å².